The average molecular weight is 253 g/mol. The number of hydrogen-bond donors (Lipinski definition) is 2. The molecule has 2 aliphatic rings. The Balaban J connectivity index is 2.07. The Bertz CT molecular complexity index is 302. The maximum absolute atomic E-state index is 11.5. The number of piperidine rings is 2. The van der Waals surface area contributed by atoms with E-state index in [9.17, 15) is 4.79 Å². The molecule has 0 aromatic rings. The highest BCUT2D eigenvalue weighted by Crippen LogP contribution is 2.36. The van der Waals surface area contributed by atoms with Crippen LogP contribution in [0.3, 0.4) is 0 Å². The van der Waals surface area contributed by atoms with Crippen molar-refractivity contribution in [2.45, 2.75) is 64.1 Å². The maximum Gasteiger partial charge on any atom is 0.224 e. The van der Waals surface area contributed by atoms with Gasteiger partial charge in [0.2, 0.25) is 5.91 Å². The van der Waals surface area contributed by atoms with Crippen LogP contribution in [0, 0.1) is 5.41 Å². The predicted octanol–water partition coefficient (Wildman–Crippen LogP) is 1.10. The molecular weight excluding hydrogens is 226 g/mol. The molecule has 2 fully saturated rings. The first-order valence-electron chi connectivity index (χ1n) is 7.17. The van der Waals surface area contributed by atoms with E-state index in [4.69, 9.17) is 5.73 Å². The summed E-state index contributed by atoms with van der Waals surface area (Å²) in [6.07, 6.45) is 6.29. The molecule has 0 spiro atoms. The van der Waals surface area contributed by atoms with Gasteiger partial charge in [0, 0.05) is 24.7 Å². The van der Waals surface area contributed by atoms with E-state index in [0.29, 0.717) is 18.1 Å². The summed E-state index contributed by atoms with van der Waals surface area (Å²) in [4.78, 5) is 14.1. The number of carbonyl (C=O) groups excluding carboxylic acids is 1. The highest BCUT2D eigenvalue weighted by atomic mass is 16.1. The zero-order valence-corrected chi connectivity index (χ0v) is 11.9. The van der Waals surface area contributed by atoms with Gasteiger partial charge in [-0.2, -0.15) is 0 Å². The van der Waals surface area contributed by atoms with Crippen molar-refractivity contribution >= 4 is 5.91 Å². The van der Waals surface area contributed by atoms with E-state index < -0.39 is 5.41 Å². The fourth-order valence-corrected chi connectivity index (χ4v) is 3.51. The van der Waals surface area contributed by atoms with E-state index in [1.807, 2.05) is 13.8 Å². The van der Waals surface area contributed by atoms with Gasteiger partial charge in [0.1, 0.15) is 0 Å². The normalized spacial score (nSPS) is 33.4. The zero-order chi connectivity index (χ0) is 13.3. The second kappa shape index (κ2) is 5.17. The third-order valence-corrected chi connectivity index (χ3v) is 4.78. The lowest BCUT2D eigenvalue weighted by Crippen LogP contribution is -2.59. The SMILES string of the molecule is CNC1CC2CCCC(C1)N2CC(C)(C)C(N)=O. The number of carbonyl (C=O) groups is 1. The van der Waals surface area contributed by atoms with Crippen LogP contribution in [-0.4, -0.2) is 42.5 Å². The number of nitrogens with one attached hydrogen (secondary N) is 1. The van der Waals surface area contributed by atoms with Crippen LogP contribution in [0.2, 0.25) is 0 Å². The summed E-state index contributed by atoms with van der Waals surface area (Å²) in [5.74, 6) is -0.184. The summed E-state index contributed by atoms with van der Waals surface area (Å²) in [6.45, 7) is 4.75. The molecule has 0 saturated carbocycles. The predicted molar refractivity (Wildman–Crippen MR) is 73.2 cm³/mol. The van der Waals surface area contributed by atoms with Crippen LogP contribution >= 0.6 is 0 Å². The summed E-state index contributed by atoms with van der Waals surface area (Å²) < 4.78 is 0. The van der Waals surface area contributed by atoms with Gasteiger partial charge in [0.25, 0.3) is 0 Å². The van der Waals surface area contributed by atoms with E-state index >= 15 is 0 Å². The number of hydrogen-bond acceptors (Lipinski definition) is 3. The van der Waals surface area contributed by atoms with Crippen molar-refractivity contribution in [3.63, 3.8) is 0 Å². The van der Waals surface area contributed by atoms with Crippen LogP contribution in [0.15, 0.2) is 0 Å². The quantitative estimate of drug-likeness (QED) is 0.789. The molecule has 18 heavy (non-hydrogen) atoms. The standard InChI is InChI=1S/C14H27N3O/c1-14(2,13(15)18)9-17-11-5-4-6-12(17)8-10(7-11)16-3/h10-12,16H,4-9H2,1-3H3,(H2,15,18). The second-order valence-electron chi connectivity index (χ2n) is 6.62. The molecule has 2 unspecified atom stereocenters. The first kappa shape index (κ1) is 13.8. The Kier molecular flexibility index (Phi) is 3.97. The molecule has 0 aromatic heterocycles. The Morgan fingerprint density at radius 1 is 1.33 bits per heavy atom. The minimum Gasteiger partial charge on any atom is -0.369 e. The topological polar surface area (TPSA) is 58.4 Å². The van der Waals surface area contributed by atoms with E-state index in [2.05, 4.69) is 17.3 Å². The average Bonchev–Trinajstić information content (AvgIpc) is 2.27. The summed E-state index contributed by atoms with van der Waals surface area (Å²) in [5.41, 5.74) is 5.10. The molecule has 2 rings (SSSR count). The Morgan fingerprint density at radius 3 is 2.33 bits per heavy atom. The van der Waals surface area contributed by atoms with Gasteiger partial charge in [-0.15, -0.1) is 0 Å². The molecule has 0 radical (unpaired) electrons. The Hall–Kier alpha value is -0.610. The monoisotopic (exact) mass is 253 g/mol. The van der Waals surface area contributed by atoms with Gasteiger partial charge < -0.3 is 11.1 Å². The molecule has 104 valence electrons. The van der Waals surface area contributed by atoms with E-state index in [1.165, 1.54) is 32.1 Å². The first-order valence-corrected chi connectivity index (χ1v) is 7.17. The van der Waals surface area contributed by atoms with Gasteiger partial charge in [-0.1, -0.05) is 6.42 Å². The molecule has 2 aliphatic heterocycles. The van der Waals surface area contributed by atoms with Crippen LogP contribution in [0.5, 0.6) is 0 Å². The lowest BCUT2D eigenvalue weighted by atomic mass is 9.79. The number of amides is 1. The minimum absolute atomic E-state index is 0.184. The largest absolute Gasteiger partial charge is 0.369 e. The van der Waals surface area contributed by atoms with Crippen molar-refractivity contribution in [1.29, 1.82) is 0 Å². The molecule has 3 N–H and O–H groups in total. The minimum atomic E-state index is -0.416. The number of rotatable bonds is 4. The fraction of sp³-hybridized carbons (Fsp3) is 0.929. The van der Waals surface area contributed by atoms with E-state index in [0.717, 1.165) is 6.54 Å². The maximum atomic E-state index is 11.5. The highest BCUT2D eigenvalue weighted by Gasteiger charge is 2.41. The number of fused-ring (bicyclic) bond motifs is 2. The van der Waals surface area contributed by atoms with Crippen molar-refractivity contribution in [2.24, 2.45) is 11.1 Å². The lowest BCUT2D eigenvalue weighted by Gasteiger charge is -2.50. The fourth-order valence-electron chi connectivity index (χ4n) is 3.51. The van der Waals surface area contributed by atoms with Crippen molar-refractivity contribution in [3.05, 3.63) is 0 Å². The van der Waals surface area contributed by atoms with Crippen LogP contribution in [0.4, 0.5) is 0 Å². The molecule has 2 heterocycles. The van der Waals surface area contributed by atoms with Crippen molar-refractivity contribution in [1.82, 2.24) is 10.2 Å². The molecular formula is C14H27N3O. The molecule has 0 aromatic carbocycles. The van der Waals surface area contributed by atoms with Crippen LogP contribution in [-0.2, 0) is 4.79 Å². The number of nitrogens with two attached hydrogens (primary N) is 1. The Morgan fingerprint density at radius 2 is 1.89 bits per heavy atom. The molecule has 0 aliphatic carbocycles. The van der Waals surface area contributed by atoms with Gasteiger partial charge >= 0.3 is 0 Å². The Labute approximate surface area is 110 Å². The van der Waals surface area contributed by atoms with Crippen LogP contribution < -0.4 is 11.1 Å². The third kappa shape index (κ3) is 2.69. The van der Waals surface area contributed by atoms with E-state index in [1.54, 1.807) is 0 Å². The smallest absolute Gasteiger partial charge is 0.224 e. The molecule has 1 amide bonds. The van der Waals surface area contributed by atoms with Gasteiger partial charge in [-0.05, 0) is 46.6 Å². The van der Waals surface area contributed by atoms with Crippen molar-refractivity contribution in [3.8, 4) is 0 Å². The highest BCUT2D eigenvalue weighted by molar-refractivity contribution is 5.80. The van der Waals surface area contributed by atoms with Gasteiger partial charge in [-0.3, -0.25) is 9.69 Å². The molecule has 4 nitrogen and oxygen atoms in total. The third-order valence-electron chi connectivity index (χ3n) is 4.78. The van der Waals surface area contributed by atoms with Crippen molar-refractivity contribution in [2.75, 3.05) is 13.6 Å². The summed E-state index contributed by atoms with van der Waals surface area (Å²) >= 11 is 0. The molecule has 4 heteroatoms. The summed E-state index contributed by atoms with van der Waals surface area (Å²) in [6, 6.07) is 1.91. The van der Waals surface area contributed by atoms with Gasteiger partial charge in [-0.25, -0.2) is 0 Å². The van der Waals surface area contributed by atoms with Crippen LogP contribution in [0.1, 0.15) is 46.0 Å². The number of nitrogens with zero attached hydrogens (tertiary/aromatic N) is 1. The van der Waals surface area contributed by atoms with Crippen LogP contribution in [0.25, 0.3) is 0 Å². The lowest BCUT2D eigenvalue weighted by molar-refractivity contribution is -0.128. The van der Waals surface area contributed by atoms with Crippen molar-refractivity contribution < 1.29 is 4.79 Å². The van der Waals surface area contributed by atoms with E-state index in [-0.39, 0.29) is 5.91 Å². The second-order valence-corrected chi connectivity index (χ2v) is 6.62. The molecule has 2 bridgehead atoms. The van der Waals surface area contributed by atoms with Gasteiger partial charge in [0.15, 0.2) is 0 Å². The number of primary amides is 1. The molecule has 2 atom stereocenters. The summed E-state index contributed by atoms with van der Waals surface area (Å²) in [7, 11) is 2.06. The first-order chi connectivity index (χ1) is 8.44. The van der Waals surface area contributed by atoms with Gasteiger partial charge in [0.05, 0.1) is 5.41 Å². The zero-order valence-electron chi connectivity index (χ0n) is 11.9. The molecule has 2 saturated heterocycles. The summed E-state index contributed by atoms with van der Waals surface area (Å²) in [5, 5.41) is 3.42.